The number of hydrogen-bond acceptors (Lipinski definition) is 5. The minimum absolute atomic E-state index is 0.0311. The van der Waals surface area contributed by atoms with E-state index < -0.39 is 0 Å². The first-order valence-corrected chi connectivity index (χ1v) is 6.57. The summed E-state index contributed by atoms with van der Waals surface area (Å²) >= 11 is 0. The number of carbonyl (C=O) groups excluding carboxylic acids is 2. The summed E-state index contributed by atoms with van der Waals surface area (Å²) in [5.41, 5.74) is 0.473. The summed E-state index contributed by atoms with van der Waals surface area (Å²) in [5, 5.41) is 3.98. The fourth-order valence-electron chi connectivity index (χ4n) is 2.20. The van der Waals surface area contributed by atoms with Crippen LogP contribution in [-0.4, -0.2) is 61.1 Å². The quantitative estimate of drug-likeness (QED) is 0.788. The summed E-state index contributed by atoms with van der Waals surface area (Å²) in [6.45, 7) is 2.94. The van der Waals surface area contributed by atoms with Gasteiger partial charge in [-0.15, -0.1) is 0 Å². The summed E-state index contributed by atoms with van der Waals surface area (Å²) < 4.78 is 1.48. The Bertz CT molecular complexity index is 669. The van der Waals surface area contributed by atoms with Crippen molar-refractivity contribution in [3.8, 4) is 5.82 Å². The van der Waals surface area contributed by atoms with E-state index in [0.717, 1.165) is 0 Å². The average Bonchev–Trinajstić information content (AvgIpc) is 3.16. The smallest absolute Gasteiger partial charge is 0.255 e. The van der Waals surface area contributed by atoms with E-state index in [1.807, 2.05) is 6.92 Å². The lowest BCUT2D eigenvalue weighted by Crippen LogP contribution is -2.31. The summed E-state index contributed by atoms with van der Waals surface area (Å²) in [5.74, 6) is 0.288. The second-order valence-corrected chi connectivity index (χ2v) is 4.64. The van der Waals surface area contributed by atoms with Crippen LogP contribution in [0.2, 0.25) is 0 Å². The second-order valence-electron chi connectivity index (χ2n) is 4.64. The minimum atomic E-state index is -0.192. The molecule has 2 aromatic heterocycles. The maximum atomic E-state index is 12.4. The number of amides is 2. The monoisotopic (exact) mass is 286 g/mol. The molecule has 0 bridgehead atoms. The molecule has 108 valence electrons. The molecule has 1 saturated heterocycles. The number of aromatic nitrogens is 4. The van der Waals surface area contributed by atoms with Crippen molar-refractivity contribution < 1.29 is 9.59 Å². The predicted octanol–water partition coefficient (Wildman–Crippen LogP) is -0.0759. The lowest BCUT2D eigenvalue weighted by molar-refractivity contribution is -0.126. The topological polar surface area (TPSA) is 84.2 Å². The zero-order valence-electron chi connectivity index (χ0n) is 11.5. The van der Waals surface area contributed by atoms with Crippen LogP contribution in [0.1, 0.15) is 17.3 Å². The van der Waals surface area contributed by atoms with E-state index in [4.69, 9.17) is 0 Å². The Kier molecular flexibility index (Phi) is 3.35. The van der Waals surface area contributed by atoms with E-state index >= 15 is 0 Å². The molecular weight excluding hydrogens is 272 g/mol. The van der Waals surface area contributed by atoms with Crippen LogP contribution >= 0.6 is 0 Å². The standard InChI is InChI=1S/C13H14N6O2/c1-2-17-9-18(6-12(17)20)13(21)10-3-4-15-11(5-10)19-8-14-7-16-19/h3-5,7-8H,2,6,9H2,1H3. The third kappa shape index (κ3) is 2.47. The fraction of sp³-hybridized carbons (Fsp3) is 0.308. The highest BCUT2D eigenvalue weighted by molar-refractivity contribution is 5.98. The van der Waals surface area contributed by atoms with Crippen molar-refractivity contribution in [1.29, 1.82) is 0 Å². The first-order chi connectivity index (χ1) is 10.2. The number of pyridine rings is 1. The zero-order valence-corrected chi connectivity index (χ0v) is 11.5. The lowest BCUT2D eigenvalue weighted by Gasteiger charge is -2.16. The average molecular weight is 286 g/mol. The number of carbonyl (C=O) groups is 2. The van der Waals surface area contributed by atoms with Crippen molar-refractivity contribution >= 4 is 11.8 Å². The molecular formula is C13H14N6O2. The van der Waals surface area contributed by atoms with E-state index in [9.17, 15) is 9.59 Å². The molecule has 2 aromatic rings. The Morgan fingerprint density at radius 3 is 2.95 bits per heavy atom. The van der Waals surface area contributed by atoms with Crippen LogP contribution in [-0.2, 0) is 4.79 Å². The van der Waals surface area contributed by atoms with Gasteiger partial charge in [-0.1, -0.05) is 0 Å². The van der Waals surface area contributed by atoms with Gasteiger partial charge in [0.2, 0.25) is 5.91 Å². The van der Waals surface area contributed by atoms with Crippen LogP contribution in [0, 0.1) is 0 Å². The van der Waals surface area contributed by atoms with Crippen LogP contribution in [0.4, 0.5) is 0 Å². The lowest BCUT2D eigenvalue weighted by atomic mass is 10.2. The Labute approximate surface area is 121 Å². The zero-order chi connectivity index (χ0) is 14.8. The molecule has 0 saturated carbocycles. The van der Waals surface area contributed by atoms with Crippen LogP contribution in [0.25, 0.3) is 5.82 Å². The predicted molar refractivity (Wildman–Crippen MR) is 72.4 cm³/mol. The summed E-state index contributed by atoms with van der Waals surface area (Å²) in [6.07, 6.45) is 4.45. The fourth-order valence-corrected chi connectivity index (χ4v) is 2.20. The first kappa shape index (κ1) is 13.2. The number of likely N-dealkylation sites (N-methyl/N-ethyl adjacent to an activating group) is 1. The Morgan fingerprint density at radius 1 is 1.43 bits per heavy atom. The molecule has 8 nitrogen and oxygen atoms in total. The van der Waals surface area contributed by atoms with E-state index in [0.29, 0.717) is 24.6 Å². The third-order valence-corrected chi connectivity index (χ3v) is 3.34. The van der Waals surface area contributed by atoms with E-state index in [-0.39, 0.29) is 18.4 Å². The molecule has 3 heterocycles. The molecule has 1 aliphatic heterocycles. The maximum Gasteiger partial charge on any atom is 0.255 e. The van der Waals surface area contributed by atoms with Crippen molar-refractivity contribution in [1.82, 2.24) is 29.5 Å². The highest BCUT2D eigenvalue weighted by Crippen LogP contribution is 2.13. The summed E-state index contributed by atoms with van der Waals surface area (Å²) in [6, 6.07) is 3.26. The van der Waals surface area contributed by atoms with Crippen molar-refractivity contribution in [2.45, 2.75) is 6.92 Å². The number of hydrogen-bond donors (Lipinski definition) is 0. The molecule has 1 aliphatic rings. The Morgan fingerprint density at radius 2 is 2.29 bits per heavy atom. The van der Waals surface area contributed by atoms with Gasteiger partial charge in [0, 0.05) is 18.3 Å². The van der Waals surface area contributed by atoms with Gasteiger partial charge in [-0.2, -0.15) is 5.10 Å². The van der Waals surface area contributed by atoms with Crippen LogP contribution < -0.4 is 0 Å². The van der Waals surface area contributed by atoms with Gasteiger partial charge in [-0.05, 0) is 19.1 Å². The summed E-state index contributed by atoms with van der Waals surface area (Å²) in [7, 11) is 0. The molecule has 21 heavy (non-hydrogen) atoms. The van der Waals surface area contributed by atoms with Crippen LogP contribution in [0.15, 0.2) is 31.0 Å². The van der Waals surface area contributed by atoms with E-state index in [1.165, 1.54) is 22.2 Å². The van der Waals surface area contributed by atoms with Gasteiger partial charge < -0.3 is 9.80 Å². The van der Waals surface area contributed by atoms with Gasteiger partial charge in [0.25, 0.3) is 5.91 Å². The van der Waals surface area contributed by atoms with Gasteiger partial charge in [0.15, 0.2) is 5.82 Å². The molecule has 0 atom stereocenters. The van der Waals surface area contributed by atoms with Gasteiger partial charge in [-0.3, -0.25) is 9.59 Å². The molecule has 0 aromatic carbocycles. The Balaban J connectivity index is 1.83. The van der Waals surface area contributed by atoms with Gasteiger partial charge >= 0.3 is 0 Å². The van der Waals surface area contributed by atoms with Crippen LogP contribution in [0.5, 0.6) is 0 Å². The van der Waals surface area contributed by atoms with E-state index in [1.54, 1.807) is 23.2 Å². The van der Waals surface area contributed by atoms with E-state index in [2.05, 4.69) is 15.1 Å². The molecule has 0 unspecified atom stereocenters. The van der Waals surface area contributed by atoms with Crippen molar-refractivity contribution in [3.05, 3.63) is 36.5 Å². The maximum absolute atomic E-state index is 12.4. The normalized spacial score (nSPS) is 14.8. The minimum Gasteiger partial charge on any atom is -0.324 e. The third-order valence-electron chi connectivity index (χ3n) is 3.34. The molecule has 0 N–H and O–H groups in total. The van der Waals surface area contributed by atoms with Crippen LogP contribution in [0.3, 0.4) is 0 Å². The molecule has 0 spiro atoms. The van der Waals surface area contributed by atoms with Gasteiger partial charge in [0.1, 0.15) is 19.2 Å². The number of rotatable bonds is 3. The molecule has 0 radical (unpaired) electrons. The van der Waals surface area contributed by atoms with Gasteiger partial charge in [-0.25, -0.2) is 14.6 Å². The first-order valence-electron chi connectivity index (χ1n) is 6.57. The molecule has 1 fully saturated rings. The second kappa shape index (κ2) is 5.31. The molecule has 0 aliphatic carbocycles. The summed E-state index contributed by atoms with van der Waals surface area (Å²) in [4.78, 5) is 35.3. The van der Waals surface area contributed by atoms with Crippen molar-refractivity contribution in [2.75, 3.05) is 19.8 Å². The molecule has 2 amide bonds. The molecule has 3 rings (SSSR count). The van der Waals surface area contributed by atoms with Crippen molar-refractivity contribution in [2.24, 2.45) is 0 Å². The van der Waals surface area contributed by atoms with Crippen molar-refractivity contribution in [3.63, 3.8) is 0 Å². The molecule has 8 heteroatoms. The largest absolute Gasteiger partial charge is 0.324 e. The Hall–Kier alpha value is -2.77. The highest BCUT2D eigenvalue weighted by atomic mass is 16.2. The van der Waals surface area contributed by atoms with Gasteiger partial charge in [0.05, 0.1) is 6.67 Å². The highest BCUT2D eigenvalue weighted by Gasteiger charge is 2.30. The SMILES string of the molecule is CCN1CN(C(=O)c2ccnc(-n3cncn3)c2)CC1=O. The number of nitrogens with zero attached hydrogens (tertiary/aromatic N) is 6.